The van der Waals surface area contributed by atoms with Crippen LogP contribution < -0.4 is 0 Å². The van der Waals surface area contributed by atoms with Crippen LogP contribution in [0.4, 0.5) is 0 Å². The molecule has 0 aliphatic heterocycles. The van der Waals surface area contributed by atoms with Crippen LogP contribution in [0.2, 0.25) is 0 Å². The Kier molecular flexibility index (Phi) is 5.98. The number of rotatable bonds is 7. The van der Waals surface area contributed by atoms with Crippen molar-refractivity contribution in [3.63, 3.8) is 0 Å². The molecular formula is C11H12O8. The average molecular weight is 272 g/mol. The van der Waals surface area contributed by atoms with Crippen LogP contribution in [0.25, 0.3) is 0 Å². The lowest BCUT2D eigenvalue weighted by Crippen LogP contribution is -2.15. The molecule has 0 aliphatic carbocycles. The molecule has 4 N–H and O–H groups in total. The van der Waals surface area contributed by atoms with E-state index in [2.05, 4.69) is 0 Å². The van der Waals surface area contributed by atoms with Crippen molar-refractivity contribution in [2.45, 2.75) is 13.3 Å². The minimum absolute atomic E-state index is 0.410. The molecule has 0 bridgehead atoms. The van der Waals surface area contributed by atoms with E-state index in [0.29, 0.717) is 12.2 Å². The smallest absolute Gasteiger partial charge is 0.332 e. The van der Waals surface area contributed by atoms with Crippen molar-refractivity contribution in [2.75, 3.05) is 0 Å². The van der Waals surface area contributed by atoms with Crippen LogP contribution in [0.15, 0.2) is 23.3 Å². The Balaban J connectivity index is 5.24. The molecule has 0 aliphatic rings. The lowest BCUT2D eigenvalue weighted by atomic mass is 9.92. The van der Waals surface area contributed by atoms with Crippen molar-refractivity contribution < 1.29 is 39.6 Å². The van der Waals surface area contributed by atoms with Crippen LogP contribution in [-0.2, 0) is 19.2 Å². The fraction of sp³-hybridized carbons (Fsp3) is 0.273. The van der Waals surface area contributed by atoms with Gasteiger partial charge in [-0.05, 0) is 12.3 Å². The topological polar surface area (TPSA) is 149 Å². The van der Waals surface area contributed by atoms with Gasteiger partial charge in [-0.1, -0.05) is 6.92 Å². The molecule has 0 radical (unpaired) electrons. The summed E-state index contributed by atoms with van der Waals surface area (Å²) >= 11 is 0. The predicted molar refractivity (Wildman–Crippen MR) is 60.5 cm³/mol. The van der Waals surface area contributed by atoms with Crippen LogP contribution in [0.1, 0.15) is 13.3 Å². The Hall–Kier alpha value is -2.64. The Morgan fingerprint density at radius 2 is 1.37 bits per heavy atom. The Bertz CT molecular complexity index is 471. The van der Waals surface area contributed by atoms with E-state index in [-0.39, 0.29) is 0 Å². The lowest BCUT2D eigenvalue weighted by molar-refractivity contribution is -0.136. The van der Waals surface area contributed by atoms with Crippen molar-refractivity contribution in [3.05, 3.63) is 23.3 Å². The van der Waals surface area contributed by atoms with E-state index >= 15 is 0 Å². The van der Waals surface area contributed by atoms with Gasteiger partial charge in [-0.25, -0.2) is 19.2 Å². The molecule has 0 amide bonds. The Morgan fingerprint density at radius 1 is 0.895 bits per heavy atom. The highest BCUT2D eigenvalue weighted by Gasteiger charge is 2.22. The van der Waals surface area contributed by atoms with Crippen LogP contribution in [-0.4, -0.2) is 44.3 Å². The van der Waals surface area contributed by atoms with Crippen molar-refractivity contribution in [2.24, 2.45) is 5.92 Å². The summed E-state index contributed by atoms with van der Waals surface area (Å²) in [5, 5.41) is 34.5. The van der Waals surface area contributed by atoms with Crippen molar-refractivity contribution in [1.29, 1.82) is 0 Å². The summed E-state index contributed by atoms with van der Waals surface area (Å²) < 4.78 is 0. The van der Waals surface area contributed by atoms with Crippen LogP contribution >= 0.6 is 0 Å². The molecule has 0 heterocycles. The molecule has 1 unspecified atom stereocenters. The highest BCUT2D eigenvalue weighted by molar-refractivity contribution is 5.97. The summed E-state index contributed by atoms with van der Waals surface area (Å²) in [6.07, 6.45) is 0.485. The number of hydrogen-bond donors (Lipinski definition) is 4. The van der Waals surface area contributed by atoms with Gasteiger partial charge in [0.1, 0.15) is 0 Å². The van der Waals surface area contributed by atoms with Gasteiger partial charge in [0.2, 0.25) is 0 Å². The minimum Gasteiger partial charge on any atom is -0.478 e. The number of carbonyl (C=O) groups is 4. The normalized spacial score (nSPS) is 13.7. The van der Waals surface area contributed by atoms with E-state index in [1.54, 1.807) is 0 Å². The van der Waals surface area contributed by atoms with Crippen LogP contribution in [0.3, 0.4) is 0 Å². The number of carboxylic acid groups (broad SMARTS) is 4. The van der Waals surface area contributed by atoms with Gasteiger partial charge >= 0.3 is 23.9 Å². The van der Waals surface area contributed by atoms with Crippen molar-refractivity contribution in [1.82, 2.24) is 0 Å². The maximum atomic E-state index is 10.8. The third-order valence-electron chi connectivity index (χ3n) is 2.16. The molecule has 0 saturated heterocycles. The van der Waals surface area contributed by atoms with Gasteiger partial charge in [-0.15, -0.1) is 0 Å². The van der Waals surface area contributed by atoms with Gasteiger partial charge in [0, 0.05) is 23.3 Å². The first-order valence-electron chi connectivity index (χ1n) is 4.99. The molecule has 104 valence electrons. The first-order chi connectivity index (χ1) is 8.65. The second-order valence-electron chi connectivity index (χ2n) is 3.66. The SMILES string of the molecule is CC(CC(=CC(=O)O)C(=O)O)C(=CC(=O)O)C(=O)O. The quantitative estimate of drug-likeness (QED) is 0.480. The maximum Gasteiger partial charge on any atom is 0.332 e. The summed E-state index contributed by atoms with van der Waals surface area (Å²) in [5.74, 6) is -6.94. The van der Waals surface area contributed by atoms with Crippen LogP contribution in [0, 0.1) is 5.92 Å². The summed E-state index contributed by atoms with van der Waals surface area (Å²) in [7, 11) is 0. The van der Waals surface area contributed by atoms with Gasteiger partial charge < -0.3 is 20.4 Å². The monoisotopic (exact) mass is 272 g/mol. The molecule has 0 aromatic carbocycles. The highest BCUT2D eigenvalue weighted by atomic mass is 16.4. The first kappa shape index (κ1) is 16.4. The molecule has 0 aromatic rings. The lowest BCUT2D eigenvalue weighted by Gasteiger charge is -2.12. The van der Waals surface area contributed by atoms with Gasteiger partial charge in [0.15, 0.2) is 0 Å². The van der Waals surface area contributed by atoms with Gasteiger partial charge in [0.25, 0.3) is 0 Å². The maximum absolute atomic E-state index is 10.8. The van der Waals surface area contributed by atoms with Crippen molar-refractivity contribution >= 4 is 23.9 Å². The van der Waals surface area contributed by atoms with E-state index in [9.17, 15) is 19.2 Å². The van der Waals surface area contributed by atoms with E-state index < -0.39 is 47.4 Å². The zero-order valence-corrected chi connectivity index (χ0v) is 9.86. The van der Waals surface area contributed by atoms with Gasteiger partial charge in [-0.2, -0.15) is 0 Å². The highest BCUT2D eigenvalue weighted by Crippen LogP contribution is 2.20. The third-order valence-corrected chi connectivity index (χ3v) is 2.16. The second kappa shape index (κ2) is 6.94. The van der Waals surface area contributed by atoms with Gasteiger partial charge in [-0.3, -0.25) is 0 Å². The first-order valence-corrected chi connectivity index (χ1v) is 4.99. The molecule has 8 heteroatoms. The molecule has 0 spiro atoms. The molecule has 8 nitrogen and oxygen atoms in total. The third kappa shape index (κ3) is 6.01. The largest absolute Gasteiger partial charge is 0.478 e. The minimum atomic E-state index is -1.51. The molecule has 0 fully saturated rings. The second-order valence-corrected chi connectivity index (χ2v) is 3.66. The zero-order valence-electron chi connectivity index (χ0n) is 9.86. The number of aliphatic carboxylic acids is 4. The average Bonchev–Trinajstić information content (AvgIpc) is 2.23. The fourth-order valence-electron chi connectivity index (χ4n) is 1.34. The molecule has 19 heavy (non-hydrogen) atoms. The summed E-state index contributed by atoms with van der Waals surface area (Å²) in [5.41, 5.74) is -1.03. The van der Waals surface area contributed by atoms with E-state index in [1.165, 1.54) is 6.92 Å². The van der Waals surface area contributed by atoms with Crippen LogP contribution in [0.5, 0.6) is 0 Å². The Morgan fingerprint density at radius 3 is 1.68 bits per heavy atom. The van der Waals surface area contributed by atoms with E-state index in [1.807, 2.05) is 0 Å². The predicted octanol–water partition coefficient (Wildman–Crippen LogP) is 0.204. The number of carboxylic acids is 4. The molecule has 0 saturated carbocycles. The van der Waals surface area contributed by atoms with Gasteiger partial charge in [0.05, 0.1) is 0 Å². The molecule has 1 atom stereocenters. The summed E-state index contributed by atoms with van der Waals surface area (Å²) in [6, 6.07) is 0. The molecular weight excluding hydrogens is 260 g/mol. The molecule has 0 aromatic heterocycles. The summed E-state index contributed by atoms with van der Waals surface area (Å²) in [6.45, 7) is 1.29. The number of hydrogen-bond acceptors (Lipinski definition) is 4. The standard InChI is InChI=1S/C11H12O8/c1-5(7(11(18)19)4-9(14)15)2-6(10(16)17)3-8(12)13/h3-5H,2H2,1H3,(H,12,13)(H,14,15)(H,16,17)(H,18,19). The van der Waals surface area contributed by atoms with E-state index in [0.717, 1.165) is 0 Å². The van der Waals surface area contributed by atoms with E-state index in [4.69, 9.17) is 20.4 Å². The fourth-order valence-corrected chi connectivity index (χ4v) is 1.34. The molecule has 0 rings (SSSR count). The zero-order chi connectivity index (χ0) is 15.2. The van der Waals surface area contributed by atoms with Crippen molar-refractivity contribution in [3.8, 4) is 0 Å². The Labute approximate surface area is 107 Å². The summed E-state index contributed by atoms with van der Waals surface area (Å²) in [4.78, 5) is 42.5.